The highest BCUT2D eigenvalue weighted by atomic mass is 16.5. The van der Waals surface area contributed by atoms with Crippen LogP contribution in [-0.2, 0) is 4.74 Å². The van der Waals surface area contributed by atoms with Crippen molar-refractivity contribution in [1.82, 2.24) is 19.9 Å². The van der Waals surface area contributed by atoms with Crippen LogP contribution in [0.15, 0.2) is 42.5 Å². The van der Waals surface area contributed by atoms with E-state index in [0.717, 1.165) is 85.6 Å². The summed E-state index contributed by atoms with van der Waals surface area (Å²) in [5.41, 5.74) is 5.84. The average Bonchev–Trinajstić information content (AvgIpc) is 2.91. The molecule has 0 saturated heterocycles. The molecule has 37 heavy (non-hydrogen) atoms. The first-order valence-corrected chi connectivity index (χ1v) is 13.8. The normalized spacial score (nSPS) is 15.7. The summed E-state index contributed by atoms with van der Waals surface area (Å²) in [5.74, 6) is 0.717. The van der Waals surface area contributed by atoms with Crippen molar-refractivity contribution in [3.63, 3.8) is 0 Å². The molecule has 0 amide bonds. The largest absolute Gasteiger partial charge is 0.382 e. The maximum absolute atomic E-state index is 5.90. The fraction of sp³-hybridized carbons (Fsp3) is 0.500. The van der Waals surface area contributed by atoms with Crippen LogP contribution in [-0.4, -0.2) is 58.4 Å². The van der Waals surface area contributed by atoms with Gasteiger partial charge >= 0.3 is 0 Å². The molecule has 7 heteroatoms. The highest BCUT2D eigenvalue weighted by molar-refractivity contribution is 5.93. The van der Waals surface area contributed by atoms with Gasteiger partial charge in [0.2, 0.25) is 0 Å². The number of allylic oxidation sites excluding steroid dienone is 8. The summed E-state index contributed by atoms with van der Waals surface area (Å²) < 4.78 is 5.90. The van der Waals surface area contributed by atoms with Crippen molar-refractivity contribution >= 4 is 33.8 Å². The van der Waals surface area contributed by atoms with E-state index in [1.165, 1.54) is 0 Å². The van der Waals surface area contributed by atoms with Gasteiger partial charge in [0.25, 0.3) is 0 Å². The van der Waals surface area contributed by atoms with Crippen LogP contribution >= 0.6 is 0 Å². The third-order valence-electron chi connectivity index (χ3n) is 6.75. The van der Waals surface area contributed by atoms with Crippen molar-refractivity contribution in [3.8, 4) is 0 Å². The number of fused-ring (bicyclic) bond motifs is 1. The Kier molecular flexibility index (Phi) is 9.11. The number of hydrogen-bond acceptors (Lipinski definition) is 7. The molecule has 2 aliphatic carbocycles. The van der Waals surface area contributed by atoms with E-state index >= 15 is 0 Å². The van der Waals surface area contributed by atoms with Gasteiger partial charge in [0.1, 0.15) is 17.1 Å². The second-order valence-corrected chi connectivity index (χ2v) is 9.95. The van der Waals surface area contributed by atoms with E-state index in [-0.39, 0.29) is 0 Å². The lowest BCUT2D eigenvalue weighted by Gasteiger charge is -2.27. The minimum Gasteiger partial charge on any atom is -0.382 e. The maximum Gasteiger partial charge on any atom is 0.183 e. The van der Waals surface area contributed by atoms with Gasteiger partial charge in [-0.05, 0) is 70.7 Å². The van der Waals surface area contributed by atoms with Crippen LogP contribution in [0.3, 0.4) is 0 Å². The molecule has 2 N–H and O–H groups in total. The summed E-state index contributed by atoms with van der Waals surface area (Å²) in [6.45, 7) is 14.8. The van der Waals surface area contributed by atoms with Crippen molar-refractivity contribution in [2.45, 2.75) is 66.0 Å². The number of aromatic nitrogens is 3. The van der Waals surface area contributed by atoms with Crippen LogP contribution in [0.25, 0.3) is 22.3 Å². The number of nitrogens with zero attached hydrogens (tertiary/aromatic N) is 4. The Morgan fingerprint density at radius 1 is 0.892 bits per heavy atom. The molecule has 2 aromatic rings. The monoisotopic (exact) mass is 502 g/mol. The van der Waals surface area contributed by atoms with E-state index in [1.54, 1.807) is 0 Å². The van der Waals surface area contributed by atoms with E-state index in [9.17, 15) is 0 Å². The van der Waals surface area contributed by atoms with Gasteiger partial charge in [0.05, 0.1) is 17.1 Å². The molecule has 7 nitrogen and oxygen atoms in total. The molecule has 0 saturated carbocycles. The second-order valence-electron chi connectivity index (χ2n) is 9.95. The quantitative estimate of drug-likeness (QED) is 0.324. The first-order chi connectivity index (χ1) is 17.9. The van der Waals surface area contributed by atoms with Crippen LogP contribution in [0.2, 0.25) is 0 Å². The van der Waals surface area contributed by atoms with Gasteiger partial charge in [-0.3, -0.25) is 0 Å². The Balaban J connectivity index is 1.83. The smallest absolute Gasteiger partial charge is 0.183 e. The minimum atomic E-state index is -0.559. The molecule has 2 aromatic heterocycles. The van der Waals surface area contributed by atoms with Gasteiger partial charge in [-0.2, -0.15) is 0 Å². The molecular weight excluding hydrogens is 460 g/mol. The zero-order valence-electron chi connectivity index (χ0n) is 23.1. The van der Waals surface area contributed by atoms with Gasteiger partial charge in [-0.1, -0.05) is 50.3 Å². The first-order valence-electron chi connectivity index (χ1n) is 13.8. The Bertz CT molecular complexity index is 1210. The van der Waals surface area contributed by atoms with Crippen molar-refractivity contribution < 1.29 is 4.74 Å². The number of likely N-dealkylation sites (N-methyl/N-ethyl adjacent to an activating group) is 1. The zero-order valence-corrected chi connectivity index (χ0v) is 23.1. The molecule has 198 valence electrons. The van der Waals surface area contributed by atoms with Crippen molar-refractivity contribution in [2.75, 3.05) is 43.4 Å². The van der Waals surface area contributed by atoms with Crippen LogP contribution < -0.4 is 10.6 Å². The lowest BCUT2D eigenvalue weighted by atomic mass is 9.96. The van der Waals surface area contributed by atoms with E-state index in [2.05, 4.69) is 65.8 Å². The number of anilines is 2. The first kappa shape index (κ1) is 27.0. The highest BCUT2D eigenvalue weighted by Gasteiger charge is 2.22. The van der Waals surface area contributed by atoms with Gasteiger partial charge in [-0.25, -0.2) is 15.0 Å². The molecule has 4 rings (SSSR count). The van der Waals surface area contributed by atoms with E-state index < -0.39 is 5.72 Å². The molecule has 0 unspecified atom stereocenters. The van der Waals surface area contributed by atoms with Gasteiger partial charge in [0.15, 0.2) is 5.65 Å². The van der Waals surface area contributed by atoms with Gasteiger partial charge in [0, 0.05) is 25.8 Å². The molecule has 0 bridgehead atoms. The molecule has 0 fully saturated rings. The van der Waals surface area contributed by atoms with E-state index in [1.807, 2.05) is 26.8 Å². The Morgan fingerprint density at radius 2 is 1.54 bits per heavy atom. The van der Waals surface area contributed by atoms with Crippen molar-refractivity contribution in [1.29, 1.82) is 0 Å². The SMILES string of the molecule is CCOC(C)(C)Nc1cc(NCCN(CC)CC)c2nc(C3=CCCC=C3)c(C3=CCCC=C3)nc2n1. The number of nitrogens with one attached hydrogen (secondary N) is 2. The lowest BCUT2D eigenvalue weighted by Crippen LogP contribution is -2.34. The molecule has 0 spiro atoms. The summed E-state index contributed by atoms with van der Waals surface area (Å²) >= 11 is 0. The topological polar surface area (TPSA) is 75.2 Å². The van der Waals surface area contributed by atoms with Crippen LogP contribution in [0, 0.1) is 0 Å². The molecule has 0 aliphatic heterocycles. The van der Waals surface area contributed by atoms with Crippen LogP contribution in [0.5, 0.6) is 0 Å². The number of ether oxygens (including phenoxy) is 1. The number of pyridine rings is 1. The fourth-order valence-corrected chi connectivity index (χ4v) is 4.81. The van der Waals surface area contributed by atoms with E-state index in [0.29, 0.717) is 18.1 Å². The van der Waals surface area contributed by atoms with Crippen molar-refractivity contribution in [3.05, 3.63) is 53.9 Å². The Morgan fingerprint density at radius 3 is 2.11 bits per heavy atom. The number of hydrogen-bond donors (Lipinski definition) is 2. The summed E-state index contributed by atoms with van der Waals surface area (Å²) in [4.78, 5) is 17.7. The molecule has 0 atom stereocenters. The zero-order chi connectivity index (χ0) is 26.3. The third kappa shape index (κ3) is 6.84. The summed E-state index contributed by atoms with van der Waals surface area (Å²) in [6.07, 6.45) is 17.5. The molecule has 0 aromatic carbocycles. The summed E-state index contributed by atoms with van der Waals surface area (Å²) in [5, 5.41) is 7.09. The van der Waals surface area contributed by atoms with Crippen molar-refractivity contribution in [2.24, 2.45) is 0 Å². The molecule has 2 heterocycles. The Labute approximate surface area is 221 Å². The van der Waals surface area contributed by atoms with Crippen LogP contribution in [0.4, 0.5) is 11.5 Å². The third-order valence-corrected chi connectivity index (χ3v) is 6.75. The van der Waals surface area contributed by atoms with E-state index in [4.69, 9.17) is 19.7 Å². The van der Waals surface area contributed by atoms with Crippen LogP contribution in [0.1, 0.15) is 71.7 Å². The standard InChI is InChI=1S/C30H42N6O/c1-6-36(7-2)20-19-31-24-21-25(35-30(4,5)37-8-3)32-29-28(24)33-26(22-15-11-9-12-16-22)27(34-29)23-17-13-10-14-18-23/h11,13,15-18,21H,6-10,12,14,19-20H2,1-5H3,(H2,31,32,34,35). The van der Waals surface area contributed by atoms with Gasteiger partial charge in [-0.15, -0.1) is 0 Å². The summed E-state index contributed by atoms with van der Waals surface area (Å²) in [6, 6.07) is 2.04. The number of rotatable bonds is 12. The lowest BCUT2D eigenvalue weighted by molar-refractivity contribution is 0.0125. The predicted molar refractivity (Wildman–Crippen MR) is 156 cm³/mol. The Hall–Kier alpha value is -3.03. The fourth-order valence-electron chi connectivity index (χ4n) is 4.81. The predicted octanol–water partition coefficient (Wildman–Crippen LogP) is 6.43. The summed E-state index contributed by atoms with van der Waals surface area (Å²) in [7, 11) is 0. The second kappa shape index (κ2) is 12.5. The minimum absolute atomic E-state index is 0.559. The molecule has 0 radical (unpaired) electrons. The molecular formula is C30H42N6O. The average molecular weight is 503 g/mol. The molecule has 2 aliphatic rings. The van der Waals surface area contributed by atoms with Gasteiger partial charge < -0.3 is 20.3 Å². The maximum atomic E-state index is 5.90. The highest BCUT2D eigenvalue weighted by Crippen LogP contribution is 2.33.